The first-order chi connectivity index (χ1) is 9.08. The summed E-state index contributed by atoms with van der Waals surface area (Å²) >= 11 is 0. The molecule has 2 N–H and O–H groups in total. The third-order valence-electron chi connectivity index (χ3n) is 2.91. The third kappa shape index (κ3) is 3.10. The number of carbonyl (C=O) groups excluding carboxylic acids is 1. The first kappa shape index (κ1) is 13.1. The van der Waals surface area contributed by atoms with E-state index in [0.29, 0.717) is 5.69 Å². The lowest BCUT2D eigenvalue weighted by atomic mass is 10.0. The van der Waals surface area contributed by atoms with Gasteiger partial charge in [0.1, 0.15) is 0 Å². The number of aromatic hydroxyl groups is 1. The van der Waals surface area contributed by atoms with Gasteiger partial charge in [-0.3, -0.25) is 4.79 Å². The van der Waals surface area contributed by atoms with Gasteiger partial charge in [0, 0.05) is 11.8 Å². The molecule has 2 aromatic carbocycles. The van der Waals surface area contributed by atoms with Gasteiger partial charge in [0.25, 0.3) is 0 Å². The van der Waals surface area contributed by atoms with Gasteiger partial charge in [-0.05, 0) is 24.6 Å². The molecule has 3 nitrogen and oxygen atoms in total. The number of benzene rings is 2. The maximum Gasteiger partial charge on any atom is 0.231 e. The molecule has 0 aromatic heterocycles. The minimum atomic E-state index is -0.759. The van der Waals surface area contributed by atoms with Crippen LogP contribution in [-0.2, 0) is 4.79 Å². The lowest BCUT2D eigenvalue weighted by molar-refractivity contribution is -0.117. The Balaban J connectivity index is 2.10. The first-order valence-electron chi connectivity index (χ1n) is 5.92. The van der Waals surface area contributed by atoms with Crippen LogP contribution < -0.4 is 5.32 Å². The fourth-order valence-electron chi connectivity index (χ4n) is 1.73. The molecular formula is C15H14FNO2. The van der Waals surface area contributed by atoms with Gasteiger partial charge < -0.3 is 10.4 Å². The molecule has 0 heterocycles. The zero-order valence-electron chi connectivity index (χ0n) is 10.4. The minimum absolute atomic E-state index is 0.226. The Labute approximate surface area is 110 Å². The van der Waals surface area contributed by atoms with Crippen molar-refractivity contribution in [1.82, 2.24) is 0 Å². The van der Waals surface area contributed by atoms with Crippen LogP contribution in [-0.4, -0.2) is 11.0 Å². The second-order valence-electron chi connectivity index (χ2n) is 4.29. The van der Waals surface area contributed by atoms with Gasteiger partial charge in [-0.15, -0.1) is 0 Å². The maximum absolute atomic E-state index is 13.2. The quantitative estimate of drug-likeness (QED) is 0.831. The van der Waals surface area contributed by atoms with Gasteiger partial charge in [0.05, 0.1) is 5.92 Å². The summed E-state index contributed by atoms with van der Waals surface area (Å²) in [6.45, 7) is 1.78. The SMILES string of the molecule is CC(C(=O)Nc1ccc(O)c(F)c1)c1ccccc1. The lowest BCUT2D eigenvalue weighted by Gasteiger charge is -2.12. The van der Waals surface area contributed by atoms with Crippen molar-refractivity contribution in [3.8, 4) is 5.75 Å². The maximum atomic E-state index is 13.2. The third-order valence-corrected chi connectivity index (χ3v) is 2.91. The van der Waals surface area contributed by atoms with Crippen molar-refractivity contribution in [1.29, 1.82) is 0 Å². The molecule has 98 valence electrons. The predicted octanol–water partition coefficient (Wildman–Crippen LogP) is 3.27. The van der Waals surface area contributed by atoms with E-state index in [9.17, 15) is 9.18 Å². The molecular weight excluding hydrogens is 245 g/mol. The molecule has 0 bridgehead atoms. The summed E-state index contributed by atoms with van der Waals surface area (Å²) in [7, 11) is 0. The molecule has 1 atom stereocenters. The van der Waals surface area contributed by atoms with Gasteiger partial charge in [0.15, 0.2) is 11.6 Å². The van der Waals surface area contributed by atoms with Crippen molar-refractivity contribution >= 4 is 11.6 Å². The van der Waals surface area contributed by atoms with E-state index < -0.39 is 11.6 Å². The molecule has 0 aliphatic carbocycles. The highest BCUT2D eigenvalue weighted by Crippen LogP contribution is 2.21. The average Bonchev–Trinajstić information content (AvgIpc) is 2.43. The summed E-state index contributed by atoms with van der Waals surface area (Å²) in [6.07, 6.45) is 0. The monoisotopic (exact) mass is 259 g/mol. The average molecular weight is 259 g/mol. The van der Waals surface area contributed by atoms with Gasteiger partial charge in [-0.25, -0.2) is 4.39 Å². The number of phenolic OH excluding ortho intramolecular Hbond substituents is 1. The van der Waals surface area contributed by atoms with Crippen LogP contribution in [0.3, 0.4) is 0 Å². The van der Waals surface area contributed by atoms with Crippen LogP contribution in [0.25, 0.3) is 0 Å². The lowest BCUT2D eigenvalue weighted by Crippen LogP contribution is -2.18. The minimum Gasteiger partial charge on any atom is -0.505 e. The summed E-state index contributed by atoms with van der Waals surface area (Å²) in [6, 6.07) is 13.1. The van der Waals surface area contributed by atoms with Crippen molar-refractivity contribution in [2.75, 3.05) is 5.32 Å². The van der Waals surface area contributed by atoms with Gasteiger partial charge in [0.2, 0.25) is 5.91 Å². The molecule has 2 rings (SSSR count). The Morgan fingerprint density at radius 3 is 2.53 bits per heavy atom. The van der Waals surface area contributed by atoms with Crippen molar-refractivity contribution in [2.45, 2.75) is 12.8 Å². The molecule has 4 heteroatoms. The van der Waals surface area contributed by atoms with Crippen molar-refractivity contribution in [3.05, 3.63) is 59.9 Å². The number of hydrogen-bond acceptors (Lipinski definition) is 2. The highest BCUT2D eigenvalue weighted by atomic mass is 19.1. The zero-order chi connectivity index (χ0) is 13.8. The normalized spacial score (nSPS) is 11.9. The molecule has 19 heavy (non-hydrogen) atoms. The Bertz CT molecular complexity index is 584. The molecule has 0 aliphatic rings. The molecule has 0 radical (unpaired) electrons. The van der Waals surface area contributed by atoms with Crippen LogP contribution in [0.4, 0.5) is 10.1 Å². The summed E-state index contributed by atoms with van der Waals surface area (Å²) in [5, 5.41) is 11.7. The smallest absolute Gasteiger partial charge is 0.231 e. The van der Waals surface area contributed by atoms with Crippen LogP contribution in [0.15, 0.2) is 48.5 Å². The Hall–Kier alpha value is -2.36. The molecule has 0 fully saturated rings. The van der Waals surface area contributed by atoms with Crippen LogP contribution in [0.5, 0.6) is 5.75 Å². The highest BCUT2D eigenvalue weighted by molar-refractivity contribution is 5.95. The second kappa shape index (κ2) is 5.52. The van der Waals surface area contributed by atoms with E-state index in [-0.39, 0.29) is 11.8 Å². The van der Waals surface area contributed by atoms with Crippen molar-refractivity contribution < 1.29 is 14.3 Å². The standard InChI is InChI=1S/C15H14FNO2/c1-10(11-5-3-2-4-6-11)15(19)17-12-7-8-14(18)13(16)9-12/h2-10,18H,1H3,(H,17,19). The summed E-state index contributed by atoms with van der Waals surface area (Å²) in [5.41, 5.74) is 1.21. The highest BCUT2D eigenvalue weighted by Gasteiger charge is 2.15. The van der Waals surface area contributed by atoms with Crippen LogP contribution in [0.2, 0.25) is 0 Å². The topological polar surface area (TPSA) is 49.3 Å². The number of hydrogen-bond donors (Lipinski definition) is 2. The number of amides is 1. The van der Waals surface area contributed by atoms with Gasteiger partial charge in [-0.2, -0.15) is 0 Å². The summed E-state index contributed by atoms with van der Waals surface area (Å²) in [4.78, 5) is 12.0. The van der Waals surface area contributed by atoms with Crippen LogP contribution in [0.1, 0.15) is 18.4 Å². The van der Waals surface area contributed by atoms with E-state index >= 15 is 0 Å². The molecule has 0 aliphatic heterocycles. The Morgan fingerprint density at radius 1 is 1.21 bits per heavy atom. The second-order valence-corrected chi connectivity index (χ2v) is 4.29. The number of phenols is 1. The van der Waals surface area contributed by atoms with E-state index in [4.69, 9.17) is 5.11 Å². The van der Waals surface area contributed by atoms with E-state index in [2.05, 4.69) is 5.32 Å². The molecule has 1 amide bonds. The first-order valence-corrected chi connectivity index (χ1v) is 5.92. The van der Waals surface area contributed by atoms with Gasteiger partial charge in [-0.1, -0.05) is 30.3 Å². The molecule has 1 unspecified atom stereocenters. The number of anilines is 1. The number of carbonyl (C=O) groups is 1. The zero-order valence-corrected chi connectivity index (χ0v) is 10.4. The van der Waals surface area contributed by atoms with Crippen LogP contribution in [0, 0.1) is 5.82 Å². The Morgan fingerprint density at radius 2 is 1.89 bits per heavy atom. The van der Waals surface area contributed by atoms with E-state index in [1.165, 1.54) is 12.1 Å². The van der Waals surface area contributed by atoms with Crippen molar-refractivity contribution in [2.24, 2.45) is 0 Å². The molecule has 2 aromatic rings. The molecule has 0 spiro atoms. The predicted molar refractivity (Wildman–Crippen MR) is 71.6 cm³/mol. The summed E-state index contributed by atoms with van der Waals surface area (Å²) < 4.78 is 13.2. The number of rotatable bonds is 3. The summed E-state index contributed by atoms with van der Waals surface area (Å²) in [5.74, 6) is -1.76. The van der Waals surface area contributed by atoms with E-state index in [1.807, 2.05) is 30.3 Å². The molecule has 0 saturated carbocycles. The molecule has 0 saturated heterocycles. The number of halogens is 1. The van der Waals surface area contributed by atoms with Crippen LogP contribution >= 0.6 is 0 Å². The van der Waals surface area contributed by atoms with E-state index in [0.717, 1.165) is 11.6 Å². The Kier molecular flexibility index (Phi) is 3.80. The fraction of sp³-hybridized carbons (Fsp3) is 0.133. The number of nitrogens with one attached hydrogen (secondary N) is 1. The largest absolute Gasteiger partial charge is 0.505 e. The van der Waals surface area contributed by atoms with Crippen molar-refractivity contribution in [3.63, 3.8) is 0 Å². The van der Waals surface area contributed by atoms with E-state index in [1.54, 1.807) is 6.92 Å². The van der Waals surface area contributed by atoms with Gasteiger partial charge >= 0.3 is 0 Å². The fourth-order valence-corrected chi connectivity index (χ4v) is 1.73.